The molecule has 1 aromatic heterocycles. The lowest BCUT2D eigenvalue weighted by molar-refractivity contribution is 0.378. The van der Waals surface area contributed by atoms with Gasteiger partial charge in [-0.15, -0.1) is 0 Å². The van der Waals surface area contributed by atoms with Gasteiger partial charge in [-0.3, -0.25) is 13.9 Å². The van der Waals surface area contributed by atoms with Gasteiger partial charge in [0, 0.05) is 43.7 Å². The molecule has 0 amide bonds. The maximum absolute atomic E-state index is 11.9. The van der Waals surface area contributed by atoms with E-state index in [1.54, 1.807) is 17.7 Å². The lowest BCUT2D eigenvalue weighted by Gasteiger charge is -2.31. The molecule has 0 aromatic carbocycles. The van der Waals surface area contributed by atoms with Gasteiger partial charge in [0.25, 0.3) is 5.56 Å². The lowest BCUT2D eigenvalue weighted by atomic mass is 9.95. The molecule has 1 aliphatic carbocycles. The standard InChI is InChI=1S/C14H23N3O2S/c1-16-10(8-13(18)17(2)14(16)19)9-15-11-6-4-5-7-12(11)20-3/h8,11-12,15H,4-7,9H2,1-3H3. The molecule has 1 aromatic rings. The van der Waals surface area contributed by atoms with Crippen molar-refractivity contribution in [3.8, 4) is 0 Å². The van der Waals surface area contributed by atoms with E-state index in [4.69, 9.17) is 0 Å². The average Bonchev–Trinajstić information content (AvgIpc) is 2.47. The highest BCUT2D eigenvalue weighted by Crippen LogP contribution is 2.27. The molecular weight excluding hydrogens is 274 g/mol. The van der Waals surface area contributed by atoms with Gasteiger partial charge in [0.2, 0.25) is 0 Å². The van der Waals surface area contributed by atoms with Gasteiger partial charge < -0.3 is 5.32 Å². The van der Waals surface area contributed by atoms with E-state index in [-0.39, 0.29) is 11.2 Å². The minimum absolute atomic E-state index is 0.241. The first-order valence-electron chi connectivity index (χ1n) is 7.06. The highest BCUT2D eigenvalue weighted by molar-refractivity contribution is 7.99. The van der Waals surface area contributed by atoms with Crippen LogP contribution < -0.4 is 16.6 Å². The van der Waals surface area contributed by atoms with Crippen LogP contribution in [0.1, 0.15) is 31.4 Å². The Morgan fingerprint density at radius 1 is 1.25 bits per heavy atom. The van der Waals surface area contributed by atoms with Crippen LogP contribution in [-0.2, 0) is 20.6 Å². The minimum Gasteiger partial charge on any atom is -0.307 e. The van der Waals surface area contributed by atoms with Gasteiger partial charge in [0.05, 0.1) is 0 Å². The molecule has 1 N–H and O–H groups in total. The van der Waals surface area contributed by atoms with Crippen LogP contribution in [0.15, 0.2) is 15.7 Å². The van der Waals surface area contributed by atoms with Crippen LogP contribution in [0.4, 0.5) is 0 Å². The van der Waals surface area contributed by atoms with Gasteiger partial charge in [-0.25, -0.2) is 4.79 Å². The van der Waals surface area contributed by atoms with Crippen molar-refractivity contribution >= 4 is 11.8 Å². The van der Waals surface area contributed by atoms with E-state index in [2.05, 4.69) is 11.6 Å². The van der Waals surface area contributed by atoms with Crippen molar-refractivity contribution in [3.05, 3.63) is 32.6 Å². The summed E-state index contributed by atoms with van der Waals surface area (Å²) in [5, 5.41) is 4.16. The van der Waals surface area contributed by atoms with Crippen LogP contribution in [0.3, 0.4) is 0 Å². The molecule has 0 aliphatic heterocycles. The summed E-state index contributed by atoms with van der Waals surface area (Å²) in [7, 11) is 3.22. The summed E-state index contributed by atoms with van der Waals surface area (Å²) in [6.07, 6.45) is 7.12. The highest BCUT2D eigenvalue weighted by atomic mass is 32.2. The van der Waals surface area contributed by atoms with Crippen molar-refractivity contribution in [1.82, 2.24) is 14.5 Å². The number of aromatic nitrogens is 2. The maximum Gasteiger partial charge on any atom is 0.330 e. The third kappa shape index (κ3) is 3.17. The fourth-order valence-corrected chi connectivity index (χ4v) is 3.76. The van der Waals surface area contributed by atoms with Crippen molar-refractivity contribution in [2.45, 2.75) is 43.5 Å². The largest absolute Gasteiger partial charge is 0.330 e. The van der Waals surface area contributed by atoms with Crippen LogP contribution in [0.2, 0.25) is 0 Å². The number of nitrogens with zero attached hydrogens (tertiary/aromatic N) is 2. The molecule has 2 unspecified atom stereocenters. The summed E-state index contributed by atoms with van der Waals surface area (Å²) in [6, 6.07) is 2.02. The molecule has 0 saturated heterocycles. The van der Waals surface area contributed by atoms with E-state index >= 15 is 0 Å². The summed E-state index contributed by atoms with van der Waals surface area (Å²) >= 11 is 1.91. The second kappa shape index (κ2) is 6.63. The van der Waals surface area contributed by atoms with Gasteiger partial charge >= 0.3 is 5.69 Å². The molecule has 1 fully saturated rings. The predicted octanol–water partition coefficient (Wildman–Crippen LogP) is 0.848. The molecule has 112 valence electrons. The first kappa shape index (κ1) is 15.4. The third-order valence-electron chi connectivity index (χ3n) is 4.18. The molecule has 6 heteroatoms. The lowest BCUT2D eigenvalue weighted by Crippen LogP contribution is -2.43. The zero-order valence-corrected chi connectivity index (χ0v) is 13.2. The van der Waals surface area contributed by atoms with Crippen LogP contribution >= 0.6 is 11.8 Å². The Labute approximate surface area is 123 Å². The molecule has 0 radical (unpaired) electrons. The van der Waals surface area contributed by atoms with Crippen molar-refractivity contribution in [2.24, 2.45) is 14.1 Å². The van der Waals surface area contributed by atoms with Gasteiger partial charge in [-0.05, 0) is 19.1 Å². The first-order valence-corrected chi connectivity index (χ1v) is 8.35. The van der Waals surface area contributed by atoms with E-state index in [0.29, 0.717) is 17.8 Å². The van der Waals surface area contributed by atoms with Crippen LogP contribution in [0.5, 0.6) is 0 Å². The van der Waals surface area contributed by atoms with Crippen molar-refractivity contribution in [2.75, 3.05) is 6.26 Å². The molecule has 0 bridgehead atoms. The van der Waals surface area contributed by atoms with Gasteiger partial charge in [0.1, 0.15) is 0 Å². The van der Waals surface area contributed by atoms with E-state index in [0.717, 1.165) is 10.3 Å². The fraction of sp³-hybridized carbons (Fsp3) is 0.714. The van der Waals surface area contributed by atoms with E-state index < -0.39 is 0 Å². The van der Waals surface area contributed by atoms with Crippen LogP contribution in [0.25, 0.3) is 0 Å². The number of nitrogens with one attached hydrogen (secondary N) is 1. The summed E-state index contributed by atoms with van der Waals surface area (Å²) in [4.78, 5) is 23.6. The second-order valence-electron chi connectivity index (χ2n) is 5.42. The SMILES string of the molecule is CSC1CCCCC1NCc1cc(=O)n(C)c(=O)n1C. The smallest absolute Gasteiger partial charge is 0.307 e. The number of rotatable bonds is 4. The molecule has 1 saturated carbocycles. The highest BCUT2D eigenvalue weighted by Gasteiger charge is 2.23. The Bertz CT molecular complexity index is 579. The van der Waals surface area contributed by atoms with Crippen molar-refractivity contribution in [3.63, 3.8) is 0 Å². The van der Waals surface area contributed by atoms with Gasteiger partial charge in [-0.2, -0.15) is 11.8 Å². The monoisotopic (exact) mass is 297 g/mol. The number of hydrogen-bond donors (Lipinski definition) is 1. The van der Waals surface area contributed by atoms with E-state index in [9.17, 15) is 9.59 Å². The topological polar surface area (TPSA) is 56.0 Å². The second-order valence-corrected chi connectivity index (χ2v) is 6.50. The van der Waals surface area contributed by atoms with Crippen molar-refractivity contribution < 1.29 is 0 Å². The zero-order chi connectivity index (χ0) is 14.7. The van der Waals surface area contributed by atoms with Gasteiger partial charge in [0.15, 0.2) is 0 Å². The zero-order valence-electron chi connectivity index (χ0n) is 12.4. The summed E-state index contributed by atoms with van der Waals surface area (Å²) < 4.78 is 2.68. The van der Waals surface area contributed by atoms with Gasteiger partial charge in [-0.1, -0.05) is 12.8 Å². The molecule has 20 heavy (non-hydrogen) atoms. The molecule has 2 rings (SSSR count). The Kier molecular flexibility index (Phi) is 5.10. The molecule has 1 heterocycles. The Morgan fingerprint density at radius 3 is 2.65 bits per heavy atom. The molecule has 5 nitrogen and oxygen atoms in total. The van der Waals surface area contributed by atoms with E-state index in [1.165, 1.54) is 32.7 Å². The normalized spacial score (nSPS) is 22.9. The number of hydrogen-bond acceptors (Lipinski definition) is 4. The molecular formula is C14H23N3O2S. The average molecular weight is 297 g/mol. The number of thioether (sulfide) groups is 1. The minimum atomic E-state index is -0.264. The molecule has 2 atom stereocenters. The summed E-state index contributed by atoms with van der Waals surface area (Å²) in [5.41, 5.74) is 0.248. The Balaban J connectivity index is 2.11. The summed E-state index contributed by atoms with van der Waals surface area (Å²) in [6.45, 7) is 0.573. The first-order chi connectivity index (χ1) is 9.54. The molecule has 0 spiro atoms. The van der Waals surface area contributed by atoms with Crippen LogP contribution in [-0.4, -0.2) is 26.7 Å². The Hall–Kier alpha value is -1.01. The quantitative estimate of drug-likeness (QED) is 0.895. The Morgan fingerprint density at radius 2 is 1.95 bits per heavy atom. The third-order valence-corrected chi connectivity index (χ3v) is 5.35. The van der Waals surface area contributed by atoms with E-state index in [1.807, 2.05) is 11.8 Å². The fourth-order valence-electron chi connectivity index (χ4n) is 2.80. The van der Waals surface area contributed by atoms with Crippen LogP contribution in [0, 0.1) is 0 Å². The van der Waals surface area contributed by atoms with Crippen molar-refractivity contribution in [1.29, 1.82) is 0 Å². The predicted molar refractivity (Wildman–Crippen MR) is 83.3 cm³/mol. The molecule has 1 aliphatic rings. The maximum atomic E-state index is 11.9. The summed E-state index contributed by atoms with van der Waals surface area (Å²) in [5.74, 6) is 0.